The van der Waals surface area contributed by atoms with Gasteiger partial charge in [-0.1, -0.05) is 66.7 Å². The highest BCUT2D eigenvalue weighted by atomic mass is 16.5. The fourth-order valence-corrected chi connectivity index (χ4v) is 3.25. The van der Waals surface area contributed by atoms with Crippen molar-refractivity contribution < 1.29 is 9.53 Å². The highest BCUT2D eigenvalue weighted by molar-refractivity contribution is 6.08. The molecule has 4 nitrogen and oxygen atoms in total. The molecule has 3 aromatic carbocycles. The lowest BCUT2D eigenvalue weighted by Gasteiger charge is -2.14. The van der Waals surface area contributed by atoms with Crippen LogP contribution >= 0.6 is 0 Å². The monoisotopic (exact) mass is 342 g/mol. The van der Waals surface area contributed by atoms with E-state index in [9.17, 15) is 4.79 Å². The maximum atomic E-state index is 12.4. The second-order valence-corrected chi connectivity index (χ2v) is 5.95. The third-order valence-corrected chi connectivity index (χ3v) is 4.40. The maximum Gasteiger partial charge on any atom is 0.356 e. The van der Waals surface area contributed by atoms with Crippen LogP contribution in [0, 0.1) is 0 Å². The first kappa shape index (κ1) is 16.1. The van der Waals surface area contributed by atoms with Crippen molar-refractivity contribution in [2.24, 2.45) is 0 Å². The Balaban J connectivity index is 2.02. The number of fused-ring (bicyclic) bond motifs is 1. The van der Waals surface area contributed by atoms with Gasteiger partial charge in [-0.2, -0.15) is 5.10 Å². The fourth-order valence-electron chi connectivity index (χ4n) is 3.25. The summed E-state index contributed by atoms with van der Waals surface area (Å²) in [6.07, 6.45) is 1.69. The Bertz CT molecular complexity index is 1070. The van der Waals surface area contributed by atoms with Crippen LogP contribution in [0.25, 0.3) is 33.0 Å². The molecule has 0 aliphatic rings. The quantitative estimate of drug-likeness (QED) is 0.527. The number of carbonyl (C=O) groups excluding carboxylic acids is 1. The highest BCUT2D eigenvalue weighted by Crippen LogP contribution is 2.39. The average Bonchev–Trinajstić information content (AvgIpc) is 3.17. The number of nitrogens with zero attached hydrogens (tertiary/aromatic N) is 1. The summed E-state index contributed by atoms with van der Waals surface area (Å²) in [5, 5.41) is 9.10. The molecule has 0 radical (unpaired) electrons. The lowest BCUT2D eigenvalue weighted by Crippen LogP contribution is -2.07. The molecule has 1 N–H and O–H groups in total. The van der Waals surface area contributed by atoms with E-state index in [0.717, 1.165) is 33.0 Å². The molecule has 128 valence electrons. The predicted octanol–water partition coefficient (Wildman–Crippen LogP) is 5.07. The van der Waals surface area contributed by atoms with Gasteiger partial charge in [0.2, 0.25) is 0 Å². The summed E-state index contributed by atoms with van der Waals surface area (Å²) < 4.78 is 5.20. The summed E-state index contributed by atoms with van der Waals surface area (Å²) in [5.74, 6) is -0.396. The zero-order valence-electron chi connectivity index (χ0n) is 14.4. The normalized spacial score (nSPS) is 10.8. The van der Waals surface area contributed by atoms with Crippen LogP contribution in [0.3, 0.4) is 0 Å². The highest BCUT2D eigenvalue weighted by Gasteiger charge is 2.21. The minimum atomic E-state index is -0.396. The van der Waals surface area contributed by atoms with Crippen molar-refractivity contribution in [2.75, 3.05) is 6.61 Å². The van der Waals surface area contributed by atoms with E-state index in [1.807, 2.05) is 30.3 Å². The minimum Gasteiger partial charge on any atom is -0.461 e. The Morgan fingerprint density at radius 3 is 2.54 bits per heavy atom. The van der Waals surface area contributed by atoms with E-state index in [1.54, 1.807) is 13.1 Å². The Labute approximate surface area is 151 Å². The topological polar surface area (TPSA) is 55.0 Å². The molecule has 0 amide bonds. The van der Waals surface area contributed by atoms with E-state index < -0.39 is 5.97 Å². The van der Waals surface area contributed by atoms with Crippen LogP contribution in [0.15, 0.2) is 72.9 Å². The molecule has 0 saturated carbocycles. The van der Waals surface area contributed by atoms with Gasteiger partial charge in [0.25, 0.3) is 0 Å². The van der Waals surface area contributed by atoms with E-state index >= 15 is 0 Å². The lowest BCUT2D eigenvalue weighted by molar-refractivity contribution is 0.0520. The number of hydrogen-bond donors (Lipinski definition) is 1. The summed E-state index contributed by atoms with van der Waals surface area (Å²) in [4.78, 5) is 12.4. The number of nitrogens with one attached hydrogen (secondary N) is 1. The van der Waals surface area contributed by atoms with Gasteiger partial charge in [-0.15, -0.1) is 0 Å². The number of ether oxygens (including phenoxy) is 1. The van der Waals surface area contributed by atoms with Gasteiger partial charge in [0.1, 0.15) is 0 Å². The predicted molar refractivity (Wildman–Crippen MR) is 103 cm³/mol. The van der Waals surface area contributed by atoms with E-state index in [0.29, 0.717) is 12.3 Å². The first-order valence-electron chi connectivity index (χ1n) is 8.57. The van der Waals surface area contributed by atoms with Gasteiger partial charge >= 0.3 is 5.97 Å². The third kappa shape index (κ3) is 2.75. The molecule has 1 aromatic heterocycles. The van der Waals surface area contributed by atoms with E-state index in [-0.39, 0.29) is 0 Å². The van der Waals surface area contributed by atoms with Gasteiger partial charge in [0.05, 0.1) is 12.8 Å². The molecule has 26 heavy (non-hydrogen) atoms. The van der Waals surface area contributed by atoms with Crippen LogP contribution in [0.2, 0.25) is 0 Å². The molecule has 0 aliphatic carbocycles. The third-order valence-electron chi connectivity index (χ3n) is 4.40. The van der Waals surface area contributed by atoms with Crippen LogP contribution in [-0.4, -0.2) is 22.8 Å². The molecule has 0 fully saturated rings. The molecule has 4 rings (SSSR count). The van der Waals surface area contributed by atoms with Crippen LogP contribution in [0.5, 0.6) is 0 Å². The Morgan fingerprint density at radius 2 is 1.73 bits per heavy atom. The number of hydrogen-bond acceptors (Lipinski definition) is 3. The molecule has 0 spiro atoms. The van der Waals surface area contributed by atoms with Crippen molar-refractivity contribution in [1.29, 1.82) is 0 Å². The van der Waals surface area contributed by atoms with Crippen molar-refractivity contribution in [1.82, 2.24) is 10.2 Å². The van der Waals surface area contributed by atoms with Crippen molar-refractivity contribution in [2.45, 2.75) is 6.92 Å². The molecule has 4 aromatic rings. The van der Waals surface area contributed by atoms with Crippen LogP contribution in [0.1, 0.15) is 17.4 Å². The van der Waals surface area contributed by atoms with E-state index in [1.165, 1.54) is 0 Å². The Kier molecular flexibility index (Phi) is 4.23. The van der Waals surface area contributed by atoms with Gasteiger partial charge in [0, 0.05) is 11.1 Å². The summed E-state index contributed by atoms with van der Waals surface area (Å²) in [5.41, 5.74) is 4.24. The Hall–Kier alpha value is -3.40. The minimum absolute atomic E-state index is 0.318. The molecule has 0 atom stereocenters. The molecule has 4 heteroatoms. The number of rotatable bonds is 4. The van der Waals surface area contributed by atoms with Gasteiger partial charge in [-0.05, 0) is 28.8 Å². The zero-order chi connectivity index (χ0) is 17.9. The molecule has 0 unspecified atom stereocenters. The second kappa shape index (κ2) is 6.84. The number of esters is 1. The van der Waals surface area contributed by atoms with Gasteiger partial charge in [-0.25, -0.2) is 4.79 Å². The first-order valence-corrected chi connectivity index (χ1v) is 8.57. The van der Waals surface area contributed by atoms with E-state index in [4.69, 9.17) is 4.74 Å². The zero-order valence-corrected chi connectivity index (χ0v) is 14.4. The van der Waals surface area contributed by atoms with Gasteiger partial charge in [-0.3, -0.25) is 5.10 Å². The number of benzene rings is 3. The second-order valence-electron chi connectivity index (χ2n) is 5.95. The van der Waals surface area contributed by atoms with Gasteiger partial charge in [0.15, 0.2) is 5.69 Å². The average molecular weight is 342 g/mol. The number of aromatic amines is 1. The SMILES string of the molecule is CCOC(=O)c1[nH]ncc1-c1c(-c2ccccc2)ccc2ccccc12. The molecular weight excluding hydrogens is 324 g/mol. The summed E-state index contributed by atoms with van der Waals surface area (Å²) in [7, 11) is 0. The Morgan fingerprint density at radius 1 is 0.962 bits per heavy atom. The van der Waals surface area contributed by atoms with Crippen molar-refractivity contribution in [3.63, 3.8) is 0 Å². The maximum absolute atomic E-state index is 12.4. The lowest BCUT2D eigenvalue weighted by atomic mass is 9.90. The summed E-state index contributed by atoms with van der Waals surface area (Å²) in [6, 6.07) is 22.5. The van der Waals surface area contributed by atoms with Crippen LogP contribution in [0.4, 0.5) is 0 Å². The molecule has 1 heterocycles. The largest absolute Gasteiger partial charge is 0.461 e. The number of aromatic nitrogens is 2. The summed E-state index contributed by atoms with van der Waals surface area (Å²) in [6.45, 7) is 2.11. The summed E-state index contributed by atoms with van der Waals surface area (Å²) >= 11 is 0. The standard InChI is InChI=1S/C22H18N2O2/c1-2-26-22(25)21-19(14-23-24-21)20-17-11-7-6-10-16(17)12-13-18(20)15-8-4-3-5-9-15/h3-14H,2H2,1H3,(H,23,24). The van der Waals surface area contributed by atoms with Gasteiger partial charge < -0.3 is 4.74 Å². The fraction of sp³-hybridized carbons (Fsp3) is 0.0909. The molecule has 0 bridgehead atoms. The van der Waals surface area contributed by atoms with Crippen molar-refractivity contribution in [3.05, 3.63) is 78.6 Å². The molecule has 0 aliphatic heterocycles. The van der Waals surface area contributed by atoms with Crippen LogP contribution in [-0.2, 0) is 4.74 Å². The number of carbonyl (C=O) groups is 1. The first-order chi connectivity index (χ1) is 12.8. The van der Waals surface area contributed by atoms with E-state index in [2.05, 4.69) is 46.6 Å². The van der Waals surface area contributed by atoms with Crippen molar-refractivity contribution in [3.8, 4) is 22.3 Å². The number of H-pyrrole nitrogens is 1. The van der Waals surface area contributed by atoms with Crippen LogP contribution < -0.4 is 0 Å². The van der Waals surface area contributed by atoms with Crippen molar-refractivity contribution >= 4 is 16.7 Å². The molecule has 0 saturated heterocycles. The smallest absolute Gasteiger partial charge is 0.356 e. The molecular formula is C22H18N2O2.